The maximum Gasteiger partial charge on any atom is 0.498 e. The van der Waals surface area contributed by atoms with Gasteiger partial charge in [-0.3, -0.25) is 0 Å². The first kappa shape index (κ1) is 14.4. The maximum atomic E-state index is 6.07. The van der Waals surface area contributed by atoms with Crippen molar-refractivity contribution < 1.29 is 14.0 Å². The number of rotatable bonds is 4. The monoisotopic (exact) mass is 262 g/mol. The first-order chi connectivity index (χ1) is 8.87. The molecular formula is C15H23BO3. The summed E-state index contributed by atoms with van der Waals surface area (Å²) in [4.78, 5) is 0. The molecule has 0 saturated carbocycles. The zero-order valence-corrected chi connectivity index (χ0v) is 12.5. The van der Waals surface area contributed by atoms with Crippen LogP contribution in [0.15, 0.2) is 24.3 Å². The molecule has 1 fully saturated rings. The molecule has 0 aliphatic carbocycles. The summed E-state index contributed by atoms with van der Waals surface area (Å²) in [7, 11) is -0.363. The first-order valence-corrected chi connectivity index (χ1v) is 6.95. The molecule has 1 aliphatic rings. The van der Waals surface area contributed by atoms with E-state index in [-0.39, 0.29) is 18.3 Å². The van der Waals surface area contributed by atoms with Crippen molar-refractivity contribution in [2.24, 2.45) is 0 Å². The van der Waals surface area contributed by atoms with Crippen LogP contribution in [0.4, 0.5) is 0 Å². The molecule has 0 aromatic heterocycles. The van der Waals surface area contributed by atoms with Crippen LogP contribution in [0.3, 0.4) is 0 Å². The largest absolute Gasteiger partial charge is 0.498 e. The molecule has 1 aromatic carbocycles. The van der Waals surface area contributed by atoms with Crippen molar-refractivity contribution in [2.75, 3.05) is 6.61 Å². The van der Waals surface area contributed by atoms with E-state index < -0.39 is 0 Å². The average Bonchev–Trinajstić information content (AvgIpc) is 2.56. The highest BCUT2D eigenvalue weighted by molar-refractivity contribution is 6.63. The molecule has 0 atom stereocenters. The Kier molecular flexibility index (Phi) is 3.93. The highest BCUT2D eigenvalue weighted by Crippen LogP contribution is 2.37. The van der Waals surface area contributed by atoms with Crippen molar-refractivity contribution in [2.45, 2.75) is 52.2 Å². The molecule has 0 unspecified atom stereocenters. The van der Waals surface area contributed by atoms with Crippen molar-refractivity contribution in [3.8, 4) is 5.75 Å². The number of para-hydroxylation sites is 1. The predicted molar refractivity (Wildman–Crippen MR) is 77.9 cm³/mol. The van der Waals surface area contributed by atoms with E-state index >= 15 is 0 Å². The third-order valence-corrected chi connectivity index (χ3v) is 3.89. The second-order valence-corrected chi connectivity index (χ2v) is 5.97. The number of hydrogen-bond donors (Lipinski definition) is 0. The van der Waals surface area contributed by atoms with Gasteiger partial charge >= 0.3 is 7.12 Å². The summed E-state index contributed by atoms with van der Waals surface area (Å²) in [5.74, 6) is 0.850. The topological polar surface area (TPSA) is 27.7 Å². The van der Waals surface area contributed by atoms with Crippen molar-refractivity contribution >= 4 is 12.6 Å². The SMILES string of the molecule is CCCOc1ccccc1B1OC(C)(C)C(C)(C)O1. The molecule has 0 amide bonds. The Balaban J connectivity index is 2.24. The minimum Gasteiger partial charge on any atom is -0.494 e. The van der Waals surface area contributed by atoms with Crippen LogP contribution in [0.5, 0.6) is 5.75 Å². The van der Waals surface area contributed by atoms with E-state index in [4.69, 9.17) is 14.0 Å². The highest BCUT2D eigenvalue weighted by Gasteiger charge is 2.52. The van der Waals surface area contributed by atoms with Crippen LogP contribution in [0, 0.1) is 0 Å². The van der Waals surface area contributed by atoms with Gasteiger partial charge in [0.15, 0.2) is 0 Å². The standard InChI is InChI=1S/C15H23BO3/c1-6-11-17-13-10-8-7-9-12(13)16-18-14(2,3)15(4,5)19-16/h7-10H,6,11H2,1-5H3. The molecule has 0 spiro atoms. The second-order valence-electron chi connectivity index (χ2n) is 5.97. The Morgan fingerprint density at radius 2 is 1.63 bits per heavy atom. The van der Waals surface area contributed by atoms with Crippen LogP contribution in [-0.4, -0.2) is 24.9 Å². The van der Waals surface area contributed by atoms with Crippen molar-refractivity contribution in [1.29, 1.82) is 0 Å². The van der Waals surface area contributed by atoms with E-state index in [1.165, 1.54) is 0 Å². The molecule has 0 bridgehead atoms. The Labute approximate surface area is 116 Å². The van der Waals surface area contributed by atoms with Gasteiger partial charge in [0.1, 0.15) is 5.75 Å². The van der Waals surface area contributed by atoms with Gasteiger partial charge in [-0.2, -0.15) is 0 Å². The van der Waals surface area contributed by atoms with Crippen LogP contribution < -0.4 is 10.2 Å². The lowest BCUT2D eigenvalue weighted by molar-refractivity contribution is 0.00578. The first-order valence-electron chi connectivity index (χ1n) is 6.95. The van der Waals surface area contributed by atoms with Gasteiger partial charge in [-0.15, -0.1) is 0 Å². The molecule has 2 rings (SSSR count). The number of benzene rings is 1. The molecule has 0 N–H and O–H groups in total. The summed E-state index contributed by atoms with van der Waals surface area (Å²) in [5, 5.41) is 0. The molecule has 0 radical (unpaired) electrons. The average molecular weight is 262 g/mol. The summed E-state index contributed by atoms with van der Waals surface area (Å²) in [5.41, 5.74) is 0.319. The fourth-order valence-electron chi connectivity index (χ4n) is 1.99. The Morgan fingerprint density at radius 1 is 1.05 bits per heavy atom. The van der Waals surface area contributed by atoms with Crippen LogP contribution in [0.2, 0.25) is 0 Å². The fraction of sp³-hybridized carbons (Fsp3) is 0.600. The van der Waals surface area contributed by atoms with Crippen LogP contribution >= 0.6 is 0 Å². The minimum absolute atomic E-state index is 0.324. The molecule has 19 heavy (non-hydrogen) atoms. The van der Waals surface area contributed by atoms with Crippen molar-refractivity contribution in [3.05, 3.63) is 24.3 Å². The molecule has 1 aliphatic heterocycles. The molecule has 3 nitrogen and oxygen atoms in total. The summed E-state index contributed by atoms with van der Waals surface area (Å²) in [6.45, 7) is 11.0. The highest BCUT2D eigenvalue weighted by atomic mass is 16.7. The number of ether oxygens (including phenoxy) is 1. The molecule has 4 heteroatoms. The minimum atomic E-state index is -0.363. The van der Waals surface area contributed by atoms with E-state index in [0.29, 0.717) is 6.61 Å². The van der Waals surface area contributed by atoms with Gasteiger partial charge in [0.25, 0.3) is 0 Å². The zero-order chi connectivity index (χ0) is 14.1. The second kappa shape index (κ2) is 5.18. The normalized spacial score (nSPS) is 20.6. The van der Waals surface area contributed by atoms with E-state index in [0.717, 1.165) is 17.6 Å². The summed E-state index contributed by atoms with van der Waals surface area (Å²) >= 11 is 0. The van der Waals surface area contributed by atoms with Crippen LogP contribution in [0.25, 0.3) is 0 Å². The Bertz CT molecular complexity index is 427. The van der Waals surface area contributed by atoms with Gasteiger partial charge < -0.3 is 14.0 Å². The third-order valence-electron chi connectivity index (χ3n) is 3.89. The van der Waals surface area contributed by atoms with E-state index in [2.05, 4.69) is 34.6 Å². The Hall–Kier alpha value is -0.995. The zero-order valence-electron chi connectivity index (χ0n) is 12.5. The molecule has 104 valence electrons. The van der Waals surface area contributed by atoms with Crippen molar-refractivity contribution in [3.63, 3.8) is 0 Å². The predicted octanol–water partition coefficient (Wildman–Crippen LogP) is 2.77. The molecule has 1 heterocycles. The van der Waals surface area contributed by atoms with Gasteiger partial charge in [-0.05, 0) is 40.2 Å². The van der Waals surface area contributed by atoms with Gasteiger partial charge in [0.05, 0.1) is 17.8 Å². The smallest absolute Gasteiger partial charge is 0.494 e. The van der Waals surface area contributed by atoms with E-state index in [9.17, 15) is 0 Å². The van der Waals surface area contributed by atoms with Gasteiger partial charge in [-0.25, -0.2) is 0 Å². The van der Waals surface area contributed by atoms with E-state index in [1.54, 1.807) is 0 Å². The van der Waals surface area contributed by atoms with Crippen molar-refractivity contribution in [1.82, 2.24) is 0 Å². The quantitative estimate of drug-likeness (QED) is 0.781. The number of hydrogen-bond acceptors (Lipinski definition) is 3. The van der Waals surface area contributed by atoms with Gasteiger partial charge in [-0.1, -0.05) is 25.1 Å². The summed E-state index contributed by atoms with van der Waals surface area (Å²) < 4.78 is 17.9. The molecule has 1 saturated heterocycles. The van der Waals surface area contributed by atoms with Gasteiger partial charge in [0, 0.05) is 5.46 Å². The summed E-state index contributed by atoms with van der Waals surface area (Å²) in [6, 6.07) is 7.93. The lowest BCUT2D eigenvalue weighted by Crippen LogP contribution is -2.41. The van der Waals surface area contributed by atoms with Crippen LogP contribution in [0.1, 0.15) is 41.0 Å². The third kappa shape index (κ3) is 2.80. The lowest BCUT2D eigenvalue weighted by atomic mass is 9.78. The summed E-state index contributed by atoms with van der Waals surface area (Å²) in [6.07, 6.45) is 0.984. The lowest BCUT2D eigenvalue weighted by Gasteiger charge is -2.32. The van der Waals surface area contributed by atoms with Gasteiger partial charge in [0.2, 0.25) is 0 Å². The molecule has 1 aromatic rings. The maximum absolute atomic E-state index is 6.07. The Morgan fingerprint density at radius 3 is 2.21 bits per heavy atom. The fourth-order valence-corrected chi connectivity index (χ4v) is 1.99. The molecular weight excluding hydrogens is 239 g/mol. The van der Waals surface area contributed by atoms with E-state index in [1.807, 2.05) is 24.3 Å². The van der Waals surface area contributed by atoms with Crippen LogP contribution in [-0.2, 0) is 9.31 Å².